The van der Waals surface area contributed by atoms with Crippen LogP contribution in [-0.4, -0.2) is 31.3 Å². The summed E-state index contributed by atoms with van der Waals surface area (Å²) in [5, 5.41) is 0. The second kappa shape index (κ2) is 14.6. The average molecular weight is 507 g/mol. The van der Waals surface area contributed by atoms with Gasteiger partial charge in [-0.05, 0) is 0 Å². The van der Waals surface area contributed by atoms with Crippen molar-refractivity contribution < 1.29 is 9.47 Å². The Morgan fingerprint density at radius 1 is 0.931 bits per heavy atom. The molecule has 1 aromatic rings. The van der Waals surface area contributed by atoms with Gasteiger partial charge in [0.1, 0.15) is 0 Å². The first kappa shape index (κ1) is 24.9. The molecule has 0 aliphatic carbocycles. The summed E-state index contributed by atoms with van der Waals surface area (Å²) in [5.41, 5.74) is 2.60. The quantitative estimate of drug-likeness (QED) is 0.237. The summed E-state index contributed by atoms with van der Waals surface area (Å²) in [6, 6.07) is 8.99. The summed E-state index contributed by atoms with van der Waals surface area (Å²) in [4.78, 5) is 0. The molecule has 0 bridgehead atoms. The molecule has 0 saturated carbocycles. The number of rotatable bonds is 14. The summed E-state index contributed by atoms with van der Waals surface area (Å²) in [5.74, 6) is 0. The van der Waals surface area contributed by atoms with Crippen LogP contribution in [0.5, 0.6) is 0 Å². The van der Waals surface area contributed by atoms with Crippen molar-refractivity contribution in [3.05, 3.63) is 39.5 Å². The Kier molecular flexibility index (Phi) is 12.6. The van der Waals surface area contributed by atoms with Gasteiger partial charge < -0.3 is 0 Å². The molecule has 0 spiro atoms. The monoisotopic (exact) mass is 508 g/mol. The molecule has 1 unspecified atom stereocenters. The summed E-state index contributed by atoms with van der Waals surface area (Å²) in [6.45, 7) is 8.54. The molecule has 1 saturated heterocycles. The zero-order chi connectivity index (χ0) is 20.8. The van der Waals surface area contributed by atoms with E-state index in [1.807, 2.05) is 0 Å². The molecule has 3 heteroatoms. The van der Waals surface area contributed by atoms with Gasteiger partial charge in [-0.1, -0.05) is 0 Å². The Morgan fingerprint density at radius 2 is 1.55 bits per heavy atom. The van der Waals surface area contributed by atoms with Crippen LogP contribution in [0, 0.1) is 0 Å². The van der Waals surface area contributed by atoms with Crippen LogP contribution in [0.1, 0.15) is 89.7 Å². The Bertz CT molecular complexity index is 539. The summed E-state index contributed by atoms with van der Waals surface area (Å²) in [7, 11) is 0. The van der Waals surface area contributed by atoms with Crippen LogP contribution < -0.4 is 0 Å². The number of hydrogen-bond donors (Lipinski definition) is 0. The number of ether oxygens (including phenoxy) is 2. The minimum absolute atomic E-state index is 0.00583. The fraction of sp³-hybridized carbons (Fsp3) is 0.692. The molecule has 164 valence electrons. The van der Waals surface area contributed by atoms with E-state index in [2.05, 4.69) is 55.2 Å². The Hall–Kier alpha value is -0.321. The molecule has 0 N–H and O–H groups in total. The molecule has 29 heavy (non-hydrogen) atoms. The zero-order valence-electron chi connectivity index (χ0n) is 19.3. The molecule has 1 fully saturated rings. The predicted octanol–water partition coefficient (Wildman–Crippen LogP) is 8.13. The molecule has 1 atom stereocenters. The van der Waals surface area contributed by atoms with Crippen molar-refractivity contribution in [3.63, 3.8) is 0 Å². The maximum atomic E-state index is 5.93. The van der Waals surface area contributed by atoms with Gasteiger partial charge in [0, 0.05) is 0 Å². The van der Waals surface area contributed by atoms with Gasteiger partial charge in [0.25, 0.3) is 0 Å². The summed E-state index contributed by atoms with van der Waals surface area (Å²) < 4.78 is 19.0. The normalized spacial score (nSPS) is 17.8. The molecular formula is C26H44O2Sn. The van der Waals surface area contributed by atoms with E-state index >= 15 is 0 Å². The SMILES string of the molecule is CCC[CH2][Sn](/[CH]=C/c1ccc(COC2CCCCO2)cc1)([CH2]CCC)[CH2]CCC. The molecule has 0 amide bonds. The van der Waals surface area contributed by atoms with Crippen LogP contribution in [0.15, 0.2) is 28.4 Å². The second-order valence-electron chi connectivity index (χ2n) is 8.86. The predicted molar refractivity (Wildman–Crippen MR) is 129 cm³/mol. The van der Waals surface area contributed by atoms with Gasteiger partial charge in [-0.25, -0.2) is 0 Å². The van der Waals surface area contributed by atoms with E-state index in [0.717, 1.165) is 13.0 Å². The molecule has 1 heterocycles. The second-order valence-corrected chi connectivity index (χ2v) is 21.9. The molecule has 2 rings (SSSR count). The zero-order valence-corrected chi connectivity index (χ0v) is 22.1. The summed E-state index contributed by atoms with van der Waals surface area (Å²) >= 11 is -2.18. The number of benzene rings is 1. The molecule has 0 radical (unpaired) electrons. The van der Waals surface area contributed by atoms with Crippen LogP contribution in [0.2, 0.25) is 13.3 Å². The molecule has 1 aromatic carbocycles. The summed E-state index contributed by atoms with van der Waals surface area (Å²) in [6.07, 6.45) is 14.2. The fourth-order valence-electron chi connectivity index (χ4n) is 4.24. The van der Waals surface area contributed by atoms with Crippen LogP contribution in [-0.2, 0) is 16.1 Å². The molecular weight excluding hydrogens is 463 g/mol. The Labute approximate surface area is 184 Å². The molecule has 1 aliphatic rings. The molecule has 1 aliphatic heterocycles. The fourth-order valence-corrected chi connectivity index (χ4v) is 18.4. The van der Waals surface area contributed by atoms with E-state index in [4.69, 9.17) is 9.47 Å². The van der Waals surface area contributed by atoms with Gasteiger partial charge in [-0.15, -0.1) is 0 Å². The van der Waals surface area contributed by atoms with Crippen LogP contribution in [0.3, 0.4) is 0 Å². The third-order valence-electron chi connectivity index (χ3n) is 6.27. The third-order valence-corrected chi connectivity index (χ3v) is 20.3. The first-order valence-electron chi connectivity index (χ1n) is 12.2. The van der Waals surface area contributed by atoms with E-state index in [1.165, 1.54) is 75.8 Å². The number of hydrogen-bond acceptors (Lipinski definition) is 2. The van der Waals surface area contributed by atoms with Gasteiger partial charge in [-0.2, -0.15) is 0 Å². The van der Waals surface area contributed by atoms with Crippen molar-refractivity contribution in [2.24, 2.45) is 0 Å². The average Bonchev–Trinajstić information content (AvgIpc) is 2.78. The van der Waals surface area contributed by atoms with Crippen molar-refractivity contribution in [1.82, 2.24) is 0 Å². The van der Waals surface area contributed by atoms with E-state index in [-0.39, 0.29) is 6.29 Å². The van der Waals surface area contributed by atoms with Gasteiger partial charge in [0.2, 0.25) is 0 Å². The van der Waals surface area contributed by atoms with Gasteiger partial charge in [0.15, 0.2) is 0 Å². The maximum absolute atomic E-state index is 5.93. The van der Waals surface area contributed by atoms with Gasteiger partial charge >= 0.3 is 185 Å². The van der Waals surface area contributed by atoms with Crippen LogP contribution in [0.4, 0.5) is 0 Å². The van der Waals surface area contributed by atoms with Gasteiger partial charge in [0.05, 0.1) is 0 Å². The first-order valence-corrected chi connectivity index (χ1v) is 19.9. The van der Waals surface area contributed by atoms with Crippen molar-refractivity contribution in [3.8, 4) is 0 Å². The van der Waals surface area contributed by atoms with E-state index < -0.39 is 18.4 Å². The van der Waals surface area contributed by atoms with Crippen molar-refractivity contribution >= 4 is 24.5 Å². The van der Waals surface area contributed by atoms with Crippen LogP contribution >= 0.6 is 0 Å². The van der Waals surface area contributed by atoms with E-state index in [9.17, 15) is 0 Å². The van der Waals surface area contributed by atoms with Crippen molar-refractivity contribution in [2.45, 2.75) is 105 Å². The van der Waals surface area contributed by atoms with Crippen LogP contribution in [0.25, 0.3) is 6.08 Å². The Balaban J connectivity index is 1.98. The third kappa shape index (κ3) is 9.57. The minimum atomic E-state index is -2.18. The molecule has 0 aromatic heterocycles. The standard InChI is InChI=1S/C14H17O2.3C4H9.Sn/c1-2-12-6-8-13(9-7-12)11-16-14-5-3-4-10-15-14;3*1-3-4-2;/h1-2,6-9,14H,3-5,10-11H2;3*1,3-4H2,2H3;. The number of unbranched alkanes of at least 4 members (excludes halogenated alkanes) is 3. The first-order chi connectivity index (χ1) is 14.2. The van der Waals surface area contributed by atoms with E-state index in [1.54, 1.807) is 0 Å². The molecule has 2 nitrogen and oxygen atoms in total. The Morgan fingerprint density at radius 3 is 2.07 bits per heavy atom. The van der Waals surface area contributed by atoms with Gasteiger partial charge in [-0.3, -0.25) is 0 Å². The van der Waals surface area contributed by atoms with Crippen molar-refractivity contribution in [1.29, 1.82) is 0 Å². The van der Waals surface area contributed by atoms with Crippen molar-refractivity contribution in [2.75, 3.05) is 6.61 Å². The topological polar surface area (TPSA) is 18.5 Å². The van der Waals surface area contributed by atoms with E-state index in [0.29, 0.717) is 6.61 Å².